The third-order valence-corrected chi connectivity index (χ3v) is 2.96. The quantitative estimate of drug-likeness (QED) is 0.808. The topological polar surface area (TPSA) is 66.0 Å². The first-order valence-electron chi connectivity index (χ1n) is 7.01. The summed E-state index contributed by atoms with van der Waals surface area (Å²) in [5.41, 5.74) is 2.44. The molecule has 0 amide bonds. The zero-order valence-electron chi connectivity index (χ0n) is 12.8. The second kappa shape index (κ2) is 7.54. The summed E-state index contributed by atoms with van der Waals surface area (Å²) in [4.78, 5) is 6.50. The highest BCUT2D eigenvalue weighted by Crippen LogP contribution is 2.07. The van der Waals surface area contributed by atoms with Crippen LogP contribution >= 0.6 is 0 Å². The maximum Gasteiger partial charge on any atom is 0.244 e. The van der Waals surface area contributed by atoms with Crippen LogP contribution in [-0.2, 0) is 6.54 Å². The number of aryl methyl sites for hydroxylation is 1. The molecule has 0 aliphatic heterocycles. The first-order chi connectivity index (χ1) is 10.1. The molecule has 0 spiro atoms. The van der Waals surface area contributed by atoms with Crippen molar-refractivity contribution in [2.45, 2.75) is 13.5 Å². The summed E-state index contributed by atoms with van der Waals surface area (Å²) in [6, 6.07) is 8.34. The van der Waals surface area contributed by atoms with Crippen LogP contribution in [0.3, 0.4) is 0 Å². The Hall–Kier alpha value is -2.21. The molecule has 0 saturated carbocycles. The number of rotatable bonds is 7. The van der Waals surface area contributed by atoms with E-state index in [0.717, 1.165) is 18.9 Å². The van der Waals surface area contributed by atoms with Crippen LogP contribution in [0.1, 0.15) is 11.1 Å². The van der Waals surface area contributed by atoms with Crippen LogP contribution in [0.4, 0.5) is 11.8 Å². The van der Waals surface area contributed by atoms with E-state index in [4.69, 9.17) is 0 Å². The molecule has 0 bridgehead atoms. The van der Waals surface area contributed by atoms with Gasteiger partial charge >= 0.3 is 0 Å². The van der Waals surface area contributed by atoms with E-state index in [2.05, 4.69) is 55.8 Å². The lowest BCUT2D eigenvalue weighted by molar-refractivity contribution is 0.425. The zero-order chi connectivity index (χ0) is 15.1. The fourth-order valence-electron chi connectivity index (χ4n) is 1.87. The van der Waals surface area contributed by atoms with Gasteiger partial charge in [0.2, 0.25) is 5.95 Å². The Kier molecular flexibility index (Phi) is 5.45. The number of hydrogen-bond acceptors (Lipinski definition) is 6. The fourth-order valence-corrected chi connectivity index (χ4v) is 1.87. The summed E-state index contributed by atoms with van der Waals surface area (Å²) in [7, 11) is 4.07. The lowest BCUT2D eigenvalue weighted by atomic mass is 10.1. The minimum absolute atomic E-state index is 0.534. The average molecular weight is 286 g/mol. The van der Waals surface area contributed by atoms with Crippen LogP contribution in [-0.4, -0.2) is 47.3 Å². The van der Waals surface area contributed by atoms with Crippen LogP contribution in [0.5, 0.6) is 0 Å². The van der Waals surface area contributed by atoms with E-state index in [0.29, 0.717) is 12.5 Å². The molecule has 1 aromatic heterocycles. The molecule has 2 N–H and O–H groups in total. The average Bonchev–Trinajstić information content (AvgIpc) is 2.45. The number of nitrogens with zero attached hydrogens (tertiary/aromatic N) is 4. The smallest absolute Gasteiger partial charge is 0.244 e. The molecule has 0 aliphatic carbocycles. The molecule has 0 fully saturated rings. The van der Waals surface area contributed by atoms with Gasteiger partial charge in [0.15, 0.2) is 5.82 Å². The molecule has 0 saturated heterocycles. The predicted molar refractivity (Wildman–Crippen MR) is 85.4 cm³/mol. The number of nitrogens with one attached hydrogen (secondary N) is 2. The normalized spacial score (nSPS) is 10.7. The van der Waals surface area contributed by atoms with Gasteiger partial charge in [-0.15, -0.1) is 5.10 Å². The molecule has 1 aromatic carbocycles. The zero-order valence-corrected chi connectivity index (χ0v) is 12.8. The number of benzene rings is 1. The van der Waals surface area contributed by atoms with Crippen LogP contribution in [0.2, 0.25) is 0 Å². The molecule has 2 aromatic rings. The van der Waals surface area contributed by atoms with Gasteiger partial charge in [0, 0.05) is 19.6 Å². The molecule has 2 rings (SSSR count). The Morgan fingerprint density at radius 3 is 2.81 bits per heavy atom. The van der Waals surface area contributed by atoms with Gasteiger partial charge in [0.1, 0.15) is 0 Å². The fraction of sp³-hybridized carbons (Fsp3) is 0.400. The Labute approximate surface area is 125 Å². The van der Waals surface area contributed by atoms with E-state index in [1.807, 2.05) is 20.2 Å². The molecule has 0 radical (unpaired) electrons. The molecular formula is C15H22N6. The van der Waals surface area contributed by atoms with E-state index < -0.39 is 0 Å². The van der Waals surface area contributed by atoms with Gasteiger partial charge in [-0.25, -0.2) is 0 Å². The molecular weight excluding hydrogens is 264 g/mol. The molecule has 6 nitrogen and oxygen atoms in total. The van der Waals surface area contributed by atoms with Gasteiger partial charge in [-0.3, -0.25) is 0 Å². The van der Waals surface area contributed by atoms with Gasteiger partial charge in [0.25, 0.3) is 0 Å². The third-order valence-electron chi connectivity index (χ3n) is 2.96. The SMILES string of the molecule is Cc1cccc(CNc2nncc(NCCN(C)C)n2)c1. The van der Waals surface area contributed by atoms with Crippen molar-refractivity contribution in [2.24, 2.45) is 0 Å². The van der Waals surface area contributed by atoms with Gasteiger partial charge in [-0.05, 0) is 26.6 Å². The van der Waals surface area contributed by atoms with Crippen molar-refractivity contribution in [3.05, 3.63) is 41.6 Å². The van der Waals surface area contributed by atoms with Gasteiger partial charge < -0.3 is 15.5 Å². The third kappa shape index (κ3) is 5.35. The van der Waals surface area contributed by atoms with Crippen molar-refractivity contribution >= 4 is 11.8 Å². The Morgan fingerprint density at radius 2 is 2.05 bits per heavy atom. The van der Waals surface area contributed by atoms with Crippen molar-refractivity contribution < 1.29 is 0 Å². The van der Waals surface area contributed by atoms with Crippen molar-refractivity contribution in [3.8, 4) is 0 Å². The highest BCUT2D eigenvalue weighted by Gasteiger charge is 2.01. The summed E-state index contributed by atoms with van der Waals surface area (Å²) in [6.07, 6.45) is 1.63. The summed E-state index contributed by atoms with van der Waals surface area (Å²) < 4.78 is 0. The largest absolute Gasteiger partial charge is 0.367 e. The number of aromatic nitrogens is 3. The van der Waals surface area contributed by atoms with Gasteiger partial charge in [-0.2, -0.15) is 10.1 Å². The monoisotopic (exact) mass is 286 g/mol. The minimum atomic E-state index is 0.534. The van der Waals surface area contributed by atoms with Gasteiger partial charge in [0.05, 0.1) is 6.20 Å². The summed E-state index contributed by atoms with van der Waals surface area (Å²) in [6.45, 7) is 4.53. The van der Waals surface area contributed by atoms with Crippen LogP contribution in [0, 0.1) is 6.92 Å². The molecule has 6 heteroatoms. The maximum atomic E-state index is 4.39. The highest BCUT2D eigenvalue weighted by atomic mass is 15.3. The van der Waals surface area contributed by atoms with E-state index in [9.17, 15) is 0 Å². The highest BCUT2D eigenvalue weighted by molar-refractivity contribution is 5.37. The van der Waals surface area contributed by atoms with Crippen LogP contribution < -0.4 is 10.6 Å². The summed E-state index contributed by atoms with van der Waals surface area (Å²) in [5.74, 6) is 1.27. The van der Waals surface area contributed by atoms with Crippen LogP contribution in [0.15, 0.2) is 30.5 Å². The standard InChI is InChI=1S/C15H22N6/c1-12-5-4-6-13(9-12)10-17-15-19-14(11-18-20-15)16-7-8-21(2)3/h4-6,9,11H,7-8,10H2,1-3H3,(H2,16,17,19,20). The van der Waals surface area contributed by atoms with Crippen LogP contribution in [0.25, 0.3) is 0 Å². The molecule has 0 unspecified atom stereocenters. The summed E-state index contributed by atoms with van der Waals surface area (Å²) >= 11 is 0. The minimum Gasteiger partial charge on any atom is -0.367 e. The lowest BCUT2D eigenvalue weighted by Gasteiger charge is -2.11. The Morgan fingerprint density at radius 1 is 1.19 bits per heavy atom. The molecule has 1 heterocycles. The second-order valence-electron chi connectivity index (χ2n) is 5.24. The van der Waals surface area contributed by atoms with Crippen molar-refractivity contribution in [1.82, 2.24) is 20.1 Å². The molecule has 21 heavy (non-hydrogen) atoms. The second-order valence-corrected chi connectivity index (χ2v) is 5.24. The van der Waals surface area contributed by atoms with E-state index >= 15 is 0 Å². The first kappa shape index (κ1) is 15.2. The number of hydrogen-bond donors (Lipinski definition) is 2. The van der Waals surface area contributed by atoms with E-state index in [-0.39, 0.29) is 0 Å². The number of likely N-dealkylation sites (N-methyl/N-ethyl adjacent to an activating group) is 1. The maximum absolute atomic E-state index is 4.39. The molecule has 112 valence electrons. The van der Waals surface area contributed by atoms with E-state index in [1.165, 1.54) is 11.1 Å². The Balaban J connectivity index is 1.88. The van der Waals surface area contributed by atoms with Crippen molar-refractivity contribution in [2.75, 3.05) is 37.8 Å². The molecule has 0 atom stereocenters. The number of anilines is 2. The summed E-state index contributed by atoms with van der Waals surface area (Å²) in [5, 5.41) is 14.4. The predicted octanol–water partition coefficient (Wildman–Crippen LogP) is 1.77. The van der Waals surface area contributed by atoms with E-state index in [1.54, 1.807) is 6.20 Å². The first-order valence-corrected chi connectivity index (χ1v) is 7.01. The lowest BCUT2D eigenvalue weighted by Crippen LogP contribution is -2.21. The van der Waals surface area contributed by atoms with Crippen molar-refractivity contribution in [3.63, 3.8) is 0 Å². The van der Waals surface area contributed by atoms with Crippen molar-refractivity contribution in [1.29, 1.82) is 0 Å². The van der Waals surface area contributed by atoms with Gasteiger partial charge in [-0.1, -0.05) is 29.8 Å². The Bertz CT molecular complexity index is 570. The molecule has 0 aliphatic rings.